The first-order chi connectivity index (χ1) is 13.2. The summed E-state index contributed by atoms with van der Waals surface area (Å²) in [7, 11) is 0. The van der Waals surface area contributed by atoms with Gasteiger partial charge in [-0.2, -0.15) is 0 Å². The van der Waals surface area contributed by atoms with Crippen LogP contribution in [0.2, 0.25) is 0 Å². The van der Waals surface area contributed by atoms with Gasteiger partial charge < -0.3 is 9.64 Å². The number of carbonyl (C=O) groups is 2. The highest BCUT2D eigenvalue weighted by molar-refractivity contribution is 6.08. The van der Waals surface area contributed by atoms with Gasteiger partial charge in [-0.3, -0.25) is 9.78 Å². The van der Waals surface area contributed by atoms with Gasteiger partial charge in [0.1, 0.15) is 11.4 Å². The van der Waals surface area contributed by atoms with Crippen LogP contribution in [0.5, 0.6) is 0 Å². The minimum atomic E-state index is -0.538. The fourth-order valence-electron chi connectivity index (χ4n) is 4.56. The molecule has 2 unspecified atom stereocenters. The average molecular weight is 384 g/mol. The first kappa shape index (κ1) is 18.8. The first-order valence-electron chi connectivity index (χ1n) is 9.83. The maximum Gasteiger partial charge on any atom is 0.410 e. The van der Waals surface area contributed by atoms with Crippen LogP contribution in [0.4, 0.5) is 9.18 Å². The van der Waals surface area contributed by atoms with Crippen molar-refractivity contribution < 1.29 is 18.7 Å². The zero-order valence-electron chi connectivity index (χ0n) is 16.4. The minimum Gasteiger partial charge on any atom is -0.444 e. The Hall–Kier alpha value is -2.50. The number of carbonyl (C=O) groups excluding carboxylic acids is 2. The van der Waals surface area contributed by atoms with Crippen molar-refractivity contribution in [3.63, 3.8) is 0 Å². The van der Waals surface area contributed by atoms with Crippen molar-refractivity contribution in [3.05, 3.63) is 41.8 Å². The molecule has 1 aromatic carbocycles. The van der Waals surface area contributed by atoms with E-state index in [1.165, 1.54) is 12.1 Å². The Balaban J connectivity index is 1.56. The van der Waals surface area contributed by atoms with Crippen molar-refractivity contribution in [3.8, 4) is 0 Å². The van der Waals surface area contributed by atoms with Gasteiger partial charge in [0.15, 0.2) is 5.78 Å². The fraction of sp³-hybridized carbons (Fsp3) is 0.500. The molecule has 2 aliphatic heterocycles. The van der Waals surface area contributed by atoms with Crippen LogP contribution < -0.4 is 0 Å². The smallest absolute Gasteiger partial charge is 0.410 e. The summed E-state index contributed by atoms with van der Waals surface area (Å²) in [4.78, 5) is 31.9. The third-order valence-corrected chi connectivity index (χ3v) is 5.68. The lowest BCUT2D eigenvalue weighted by Gasteiger charge is -2.39. The zero-order valence-corrected chi connectivity index (χ0v) is 16.4. The molecule has 5 nitrogen and oxygen atoms in total. The molecule has 4 rings (SSSR count). The van der Waals surface area contributed by atoms with Gasteiger partial charge in [0.05, 0.1) is 5.52 Å². The standard InChI is InChI=1S/C22H25FN2O3/c1-22(2,3)28-21(27)25-15-5-6-16(25)11-13(10-15)20(26)17-8-9-24-19-7-4-14(23)12-18(17)19/h4,7-9,12-13,15-16H,5-6,10-11H2,1-3H3. The van der Waals surface area contributed by atoms with Crippen LogP contribution in [0.15, 0.2) is 30.5 Å². The molecule has 0 aliphatic carbocycles. The monoisotopic (exact) mass is 384 g/mol. The van der Waals surface area contributed by atoms with Crippen LogP contribution in [-0.2, 0) is 4.74 Å². The second-order valence-corrected chi connectivity index (χ2v) is 8.83. The van der Waals surface area contributed by atoms with Crippen molar-refractivity contribution in [2.45, 2.75) is 64.1 Å². The number of ketones is 1. The summed E-state index contributed by atoms with van der Waals surface area (Å²) < 4.78 is 19.3. The summed E-state index contributed by atoms with van der Waals surface area (Å²) in [5, 5.41) is 0.550. The van der Waals surface area contributed by atoms with Gasteiger partial charge in [0.2, 0.25) is 0 Å². The van der Waals surface area contributed by atoms with Crippen molar-refractivity contribution in [2.75, 3.05) is 0 Å². The summed E-state index contributed by atoms with van der Waals surface area (Å²) in [6.45, 7) is 5.57. The number of rotatable bonds is 2. The number of aromatic nitrogens is 1. The molecule has 2 aliphatic rings. The van der Waals surface area contributed by atoms with E-state index < -0.39 is 5.60 Å². The topological polar surface area (TPSA) is 59.5 Å². The lowest BCUT2D eigenvalue weighted by atomic mass is 9.84. The largest absolute Gasteiger partial charge is 0.444 e. The summed E-state index contributed by atoms with van der Waals surface area (Å²) >= 11 is 0. The highest BCUT2D eigenvalue weighted by Crippen LogP contribution is 2.41. The van der Waals surface area contributed by atoms with E-state index in [0.717, 1.165) is 12.8 Å². The van der Waals surface area contributed by atoms with E-state index in [1.54, 1.807) is 18.3 Å². The van der Waals surface area contributed by atoms with Crippen molar-refractivity contribution in [2.24, 2.45) is 5.92 Å². The number of nitrogens with zero attached hydrogens (tertiary/aromatic N) is 2. The van der Waals surface area contributed by atoms with E-state index in [0.29, 0.717) is 29.3 Å². The summed E-state index contributed by atoms with van der Waals surface area (Å²) in [6.07, 6.45) is 4.32. The highest BCUT2D eigenvalue weighted by atomic mass is 19.1. The van der Waals surface area contributed by atoms with Gasteiger partial charge >= 0.3 is 6.09 Å². The maximum atomic E-state index is 13.7. The predicted molar refractivity (Wildman–Crippen MR) is 104 cm³/mol. The Bertz CT molecular complexity index is 923. The lowest BCUT2D eigenvalue weighted by molar-refractivity contribution is 0.00255. The minimum absolute atomic E-state index is 0.0127. The number of amides is 1. The molecule has 0 spiro atoms. The van der Waals surface area contributed by atoms with Crippen molar-refractivity contribution >= 4 is 22.8 Å². The number of hydrogen-bond donors (Lipinski definition) is 0. The average Bonchev–Trinajstić information content (AvgIpc) is 2.89. The summed E-state index contributed by atoms with van der Waals surface area (Å²) in [5.74, 6) is -0.543. The molecule has 2 atom stereocenters. The molecular weight excluding hydrogens is 359 g/mol. The van der Waals surface area contributed by atoms with Crippen LogP contribution in [0.3, 0.4) is 0 Å². The molecule has 28 heavy (non-hydrogen) atoms. The van der Waals surface area contributed by atoms with Crippen LogP contribution in [0.25, 0.3) is 10.9 Å². The van der Waals surface area contributed by atoms with Gasteiger partial charge in [-0.1, -0.05) is 0 Å². The number of benzene rings is 1. The van der Waals surface area contributed by atoms with Crippen molar-refractivity contribution in [1.29, 1.82) is 0 Å². The summed E-state index contributed by atoms with van der Waals surface area (Å²) in [6, 6.07) is 6.03. The van der Waals surface area contributed by atoms with Crippen LogP contribution in [-0.4, -0.2) is 39.4 Å². The zero-order chi connectivity index (χ0) is 20.1. The number of hydrogen-bond acceptors (Lipinski definition) is 4. The molecule has 1 aromatic heterocycles. The van der Waals surface area contributed by atoms with Gasteiger partial charge in [-0.15, -0.1) is 0 Å². The third-order valence-electron chi connectivity index (χ3n) is 5.68. The Morgan fingerprint density at radius 2 is 1.82 bits per heavy atom. The Kier molecular flexibility index (Phi) is 4.60. The lowest BCUT2D eigenvalue weighted by Crippen LogP contribution is -2.49. The fourth-order valence-corrected chi connectivity index (χ4v) is 4.56. The van der Waals surface area contributed by atoms with E-state index in [1.807, 2.05) is 25.7 Å². The summed E-state index contributed by atoms with van der Waals surface area (Å²) in [5.41, 5.74) is 0.587. The van der Waals surface area contributed by atoms with Crippen LogP contribution >= 0.6 is 0 Å². The van der Waals surface area contributed by atoms with E-state index >= 15 is 0 Å². The molecule has 2 bridgehead atoms. The number of ether oxygens (including phenoxy) is 1. The van der Waals surface area contributed by atoms with Crippen LogP contribution in [0, 0.1) is 11.7 Å². The maximum absolute atomic E-state index is 13.7. The van der Waals surface area contributed by atoms with E-state index in [2.05, 4.69) is 4.98 Å². The highest BCUT2D eigenvalue weighted by Gasteiger charge is 2.46. The molecule has 6 heteroatoms. The SMILES string of the molecule is CC(C)(C)OC(=O)N1C2CCC1CC(C(=O)c1ccnc3ccc(F)cc13)C2. The Labute approximate surface area is 163 Å². The molecular formula is C22H25FN2O3. The number of Topliss-reactive ketones (excluding diaryl/α,β-unsaturated/α-hetero) is 1. The van der Waals surface area contributed by atoms with E-state index in [4.69, 9.17) is 4.74 Å². The number of halogens is 1. The predicted octanol–water partition coefficient (Wildman–Crippen LogP) is 4.73. The molecule has 2 saturated heterocycles. The van der Waals surface area contributed by atoms with Gasteiger partial charge in [0.25, 0.3) is 0 Å². The van der Waals surface area contributed by atoms with E-state index in [-0.39, 0.29) is 35.7 Å². The normalized spacial score (nSPS) is 24.4. The number of pyridine rings is 1. The molecule has 0 saturated carbocycles. The van der Waals surface area contributed by atoms with E-state index in [9.17, 15) is 14.0 Å². The molecule has 3 heterocycles. The molecule has 148 valence electrons. The number of piperidine rings is 1. The second kappa shape index (κ2) is 6.83. The molecule has 1 amide bonds. The van der Waals surface area contributed by atoms with Gasteiger partial charge in [-0.25, -0.2) is 9.18 Å². The van der Waals surface area contributed by atoms with Crippen LogP contribution in [0.1, 0.15) is 56.8 Å². The van der Waals surface area contributed by atoms with Gasteiger partial charge in [-0.05, 0) is 70.7 Å². The number of fused-ring (bicyclic) bond motifs is 3. The second-order valence-electron chi connectivity index (χ2n) is 8.83. The quantitative estimate of drug-likeness (QED) is 0.702. The van der Waals surface area contributed by atoms with Crippen molar-refractivity contribution in [1.82, 2.24) is 9.88 Å². The Morgan fingerprint density at radius 1 is 1.14 bits per heavy atom. The first-order valence-corrected chi connectivity index (χ1v) is 9.83. The molecule has 2 fully saturated rings. The third kappa shape index (κ3) is 3.48. The molecule has 0 radical (unpaired) electrons. The molecule has 0 N–H and O–H groups in total. The Morgan fingerprint density at radius 3 is 2.46 bits per heavy atom. The van der Waals surface area contributed by atoms with Gasteiger partial charge in [0, 0.05) is 35.1 Å². The molecule has 2 aromatic rings.